The van der Waals surface area contributed by atoms with Gasteiger partial charge in [0.05, 0.1) is 11.7 Å². The molecule has 1 aliphatic heterocycles. The maximum absolute atomic E-state index is 4.66. The van der Waals surface area contributed by atoms with Crippen molar-refractivity contribution in [2.45, 2.75) is 59.9 Å². The molecule has 0 radical (unpaired) electrons. The van der Waals surface area contributed by atoms with Crippen molar-refractivity contribution in [2.75, 3.05) is 30.9 Å². The van der Waals surface area contributed by atoms with E-state index in [1.807, 2.05) is 39.2 Å². The van der Waals surface area contributed by atoms with E-state index in [1.165, 1.54) is 38.4 Å². The van der Waals surface area contributed by atoms with Crippen LogP contribution in [0.5, 0.6) is 0 Å². The van der Waals surface area contributed by atoms with Crippen LogP contribution >= 0.6 is 0 Å². The van der Waals surface area contributed by atoms with Gasteiger partial charge < -0.3 is 20.0 Å². The number of hydrogen-bond donors (Lipinski definition) is 1. The second-order valence-electron chi connectivity index (χ2n) is 15.5. The highest BCUT2D eigenvalue weighted by Crippen LogP contribution is 2.46. The first kappa shape index (κ1) is 47.3. The van der Waals surface area contributed by atoms with Crippen LogP contribution < -0.4 is 15.1 Å². The Kier molecular flexibility index (Phi) is 17.6. The topological polar surface area (TPSA) is 21.8 Å². The van der Waals surface area contributed by atoms with Crippen LogP contribution in [0.15, 0.2) is 219 Å². The van der Waals surface area contributed by atoms with Gasteiger partial charge in [0.25, 0.3) is 0 Å². The van der Waals surface area contributed by atoms with Gasteiger partial charge in [-0.15, -0.1) is 6.58 Å². The minimum absolute atomic E-state index is 0.110. The average Bonchev–Trinajstić information content (AvgIpc) is 3.59. The lowest BCUT2D eigenvalue weighted by atomic mass is 9.88. The molecule has 1 aliphatic carbocycles. The molecule has 5 aromatic carbocycles. The molecule has 1 N–H and O–H groups in total. The monoisotopic (exact) mass is 833 g/mol. The molecule has 324 valence electrons. The number of fused-ring (bicyclic) bond motifs is 3. The third-order valence-corrected chi connectivity index (χ3v) is 11.8. The number of nitrogens with one attached hydrogen (secondary N) is 1. The van der Waals surface area contributed by atoms with Gasteiger partial charge in [0.15, 0.2) is 0 Å². The lowest BCUT2D eigenvalue weighted by molar-refractivity contribution is 0.501. The molecule has 0 aromatic heterocycles. The number of rotatable bonds is 12. The third kappa shape index (κ3) is 11.0. The largest absolute Gasteiger partial charge is 0.394 e. The summed E-state index contributed by atoms with van der Waals surface area (Å²) >= 11 is 0. The van der Waals surface area contributed by atoms with Crippen molar-refractivity contribution in [3.8, 4) is 0 Å². The molecule has 5 aromatic rings. The van der Waals surface area contributed by atoms with Crippen molar-refractivity contribution in [1.29, 1.82) is 0 Å². The van der Waals surface area contributed by atoms with Crippen molar-refractivity contribution in [3.05, 3.63) is 230 Å². The van der Waals surface area contributed by atoms with E-state index >= 15 is 0 Å². The van der Waals surface area contributed by atoms with E-state index in [1.54, 1.807) is 0 Å². The number of nitrogens with zero attached hydrogens (tertiary/aromatic N) is 3. The minimum atomic E-state index is -0.110. The summed E-state index contributed by atoms with van der Waals surface area (Å²) in [5.41, 5.74) is 11.6. The summed E-state index contributed by atoms with van der Waals surface area (Å²) in [6.07, 6.45) is 28.8. The lowest BCUT2D eigenvalue weighted by Gasteiger charge is -2.30. The number of aryl methyl sites for hydroxylation is 1. The van der Waals surface area contributed by atoms with Crippen LogP contribution in [0.3, 0.4) is 0 Å². The summed E-state index contributed by atoms with van der Waals surface area (Å²) in [6, 6.07) is 36.4. The molecule has 63 heavy (non-hydrogen) atoms. The van der Waals surface area contributed by atoms with Gasteiger partial charge >= 0.3 is 0 Å². The molecule has 0 saturated heterocycles. The van der Waals surface area contributed by atoms with Gasteiger partial charge in [0.1, 0.15) is 0 Å². The molecule has 0 amide bonds. The fraction of sp³-hybridized carbons (Fsp3) is 0.220. The number of anilines is 3. The molecule has 0 saturated carbocycles. The number of benzene rings is 5. The van der Waals surface area contributed by atoms with Gasteiger partial charge in [-0.2, -0.15) is 0 Å². The van der Waals surface area contributed by atoms with Crippen molar-refractivity contribution in [3.63, 3.8) is 0 Å². The Morgan fingerprint density at radius 1 is 0.841 bits per heavy atom. The molecule has 0 fully saturated rings. The summed E-state index contributed by atoms with van der Waals surface area (Å²) < 4.78 is 0. The van der Waals surface area contributed by atoms with Crippen LogP contribution in [0.4, 0.5) is 17.1 Å². The predicted octanol–water partition coefficient (Wildman–Crippen LogP) is 15.6. The molecule has 0 spiro atoms. The van der Waals surface area contributed by atoms with Crippen LogP contribution in [-0.2, 0) is 0 Å². The molecular weight excluding hydrogens is 765 g/mol. The number of hydrogen-bond acceptors (Lipinski definition) is 4. The quantitative estimate of drug-likeness (QED) is 0.0998. The average molecular weight is 833 g/mol. The van der Waals surface area contributed by atoms with Gasteiger partial charge in [-0.1, -0.05) is 154 Å². The highest BCUT2D eigenvalue weighted by Gasteiger charge is 2.33. The first-order valence-electron chi connectivity index (χ1n) is 22.4. The Balaban J connectivity index is 0.000000491. The Hall–Kier alpha value is -6.78. The van der Waals surface area contributed by atoms with E-state index in [2.05, 4.69) is 232 Å². The molecule has 4 heteroatoms. The van der Waals surface area contributed by atoms with Crippen molar-refractivity contribution < 1.29 is 0 Å². The maximum Gasteiger partial charge on any atom is 0.0780 e. The highest BCUT2D eigenvalue weighted by molar-refractivity contribution is 5.97. The molecular formula is C59H68N4. The van der Waals surface area contributed by atoms with Gasteiger partial charge in [0, 0.05) is 72.9 Å². The zero-order valence-corrected chi connectivity index (χ0v) is 39.0. The maximum atomic E-state index is 4.66. The van der Waals surface area contributed by atoms with Gasteiger partial charge in [-0.3, -0.25) is 0 Å². The Morgan fingerprint density at radius 2 is 1.52 bits per heavy atom. The Bertz CT molecular complexity index is 2580. The van der Waals surface area contributed by atoms with Crippen LogP contribution in [0, 0.1) is 12.8 Å². The lowest BCUT2D eigenvalue weighted by Crippen LogP contribution is -2.29. The molecule has 1 heterocycles. The molecule has 2 aliphatic rings. The smallest absolute Gasteiger partial charge is 0.0780 e. The van der Waals surface area contributed by atoms with E-state index < -0.39 is 0 Å². The summed E-state index contributed by atoms with van der Waals surface area (Å²) in [4.78, 5) is 6.96. The standard InChI is InChI=1S/C46H52N4.C11H10.C2H6/c1-9-20-41-35(10-2)21-14-13-15-26-44(41)48(7)37(11-3)29-31-43-34(5)40-30-28-39(33-46(40)50(43)38(12-4)24-19-32-47-6)49(8)45-27-18-23-36-22-16-17-25-42(36)45;1-9-5-4-7-10-6-2-3-8-11(9)10;1-2/h9-13,15-20,22-25,27-33,35,43,47H,2,4-5,14,21,26H2,1,3,6-8H3;2-8H,1H3;1-2H3/b15-13-,20-9-,31-29?,32-19+,37-11+,38-24+,44-41+;;. The molecule has 4 nitrogen and oxygen atoms in total. The predicted molar refractivity (Wildman–Crippen MR) is 279 cm³/mol. The molecule has 7 rings (SSSR count). The summed E-state index contributed by atoms with van der Waals surface area (Å²) in [5, 5.41) is 8.23. The first-order valence-corrected chi connectivity index (χ1v) is 22.4. The SMILES string of the molecule is C=C/C(=C\C=C\NC)N1c2cc(N(C)c3cccc4ccccc34)ccc2C(=C)C1C=C/C(=C\C)N(C)/C1=C(\C=C/C)C(C=C)CC/C=C\C1.CC.Cc1cccc2ccccc12. The number of allylic oxidation sites excluding steroid dienone is 11. The van der Waals surface area contributed by atoms with Crippen molar-refractivity contribution in [1.82, 2.24) is 10.2 Å². The summed E-state index contributed by atoms with van der Waals surface area (Å²) in [7, 11) is 6.22. The van der Waals surface area contributed by atoms with Gasteiger partial charge in [0.2, 0.25) is 0 Å². The van der Waals surface area contributed by atoms with Crippen LogP contribution in [0.1, 0.15) is 58.1 Å². The Labute approximate surface area is 379 Å². The van der Waals surface area contributed by atoms with Crippen molar-refractivity contribution >= 4 is 44.2 Å². The van der Waals surface area contributed by atoms with Gasteiger partial charge in [-0.05, 0) is 115 Å². The minimum Gasteiger partial charge on any atom is -0.394 e. The van der Waals surface area contributed by atoms with Crippen LogP contribution in [0.2, 0.25) is 0 Å². The van der Waals surface area contributed by atoms with E-state index in [9.17, 15) is 0 Å². The van der Waals surface area contributed by atoms with E-state index in [-0.39, 0.29) is 6.04 Å². The highest BCUT2D eigenvalue weighted by atomic mass is 15.2. The zero-order chi connectivity index (χ0) is 45.3. The van der Waals surface area contributed by atoms with Gasteiger partial charge in [-0.25, -0.2) is 0 Å². The van der Waals surface area contributed by atoms with E-state index in [4.69, 9.17) is 0 Å². The second-order valence-corrected chi connectivity index (χ2v) is 15.5. The van der Waals surface area contributed by atoms with Crippen LogP contribution in [-0.4, -0.2) is 32.1 Å². The number of likely N-dealkylation sites (N-methyl/N-ethyl adjacent to an activating group) is 1. The van der Waals surface area contributed by atoms with Crippen molar-refractivity contribution in [2.24, 2.45) is 5.92 Å². The van der Waals surface area contributed by atoms with E-state index in [0.29, 0.717) is 5.92 Å². The molecule has 0 bridgehead atoms. The summed E-state index contributed by atoms with van der Waals surface area (Å²) in [6.45, 7) is 23.4. The fourth-order valence-electron chi connectivity index (χ4n) is 8.48. The third-order valence-electron chi connectivity index (χ3n) is 11.8. The normalized spacial score (nSPS) is 18.3. The molecule has 2 atom stereocenters. The first-order chi connectivity index (χ1) is 30.8. The van der Waals surface area contributed by atoms with Crippen LogP contribution in [0.25, 0.3) is 27.1 Å². The zero-order valence-electron chi connectivity index (χ0n) is 39.0. The molecule has 2 unspecified atom stereocenters. The second kappa shape index (κ2) is 23.4. The van der Waals surface area contributed by atoms with E-state index in [0.717, 1.165) is 58.9 Å². The summed E-state index contributed by atoms with van der Waals surface area (Å²) in [5.74, 6) is 0.308. The fourth-order valence-corrected chi connectivity index (χ4v) is 8.48. The Morgan fingerprint density at radius 3 is 2.19 bits per heavy atom.